The van der Waals surface area contributed by atoms with Gasteiger partial charge in [0.25, 0.3) is 0 Å². The Hall–Kier alpha value is -1.68. The summed E-state index contributed by atoms with van der Waals surface area (Å²) < 4.78 is 31.7. The van der Waals surface area contributed by atoms with Crippen molar-refractivity contribution in [3.8, 4) is 0 Å². The minimum absolute atomic E-state index is 0.0157. The molecule has 180 valence electrons. The fourth-order valence-electron chi connectivity index (χ4n) is 3.84. The Balaban J connectivity index is 2.23. The molecule has 2 rings (SSSR count). The van der Waals surface area contributed by atoms with E-state index in [0.29, 0.717) is 43.9 Å². The normalized spacial score (nSPS) is 15.2. The Kier molecular flexibility index (Phi) is 10.4. The molecular weight excluding hydrogens is 454 g/mol. The number of ether oxygens (including phenoxy) is 1. The van der Waals surface area contributed by atoms with Crippen LogP contribution in [0.3, 0.4) is 0 Å². The molecule has 1 aliphatic rings. The number of hydrogen-bond acceptors (Lipinski definition) is 5. The average molecular weight is 488 g/mol. The number of benzene rings is 1. The number of hydrogen-bond donors (Lipinski definition) is 0. The highest BCUT2D eigenvalue weighted by Gasteiger charge is 2.32. The van der Waals surface area contributed by atoms with Gasteiger partial charge in [-0.25, -0.2) is 8.42 Å². The molecule has 1 aliphatic heterocycles. The Morgan fingerprint density at radius 2 is 1.81 bits per heavy atom. The first-order chi connectivity index (χ1) is 15.2. The summed E-state index contributed by atoms with van der Waals surface area (Å²) in [4.78, 5) is 28.7. The van der Waals surface area contributed by atoms with E-state index < -0.39 is 10.0 Å². The Morgan fingerprint density at radius 3 is 2.34 bits per heavy atom. The van der Waals surface area contributed by atoms with Gasteiger partial charge in [0.15, 0.2) is 0 Å². The highest BCUT2D eigenvalue weighted by Crippen LogP contribution is 2.21. The van der Waals surface area contributed by atoms with Crippen molar-refractivity contribution >= 4 is 33.4 Å². The fraction of sp³-hybridized carbons (Fsp3) is 0.636. The van der Waals surface area contributed by atoms with Crippen LogP contribution in [0.4, 0.5) is 0 Å². The first-order valence-electron chi connectivity index (χ1n) is 10.9. The van der Waals surface area contributed by atoms with Gasteiger partial charge in [-0.05, 0) is 37.0 Å². The summed E-state index contributed by atoms with van der Waals surface area (Å²) in [7, 11) is -2.06. The number of likely N-dealkylation sites (tertiary alicyclic amines) is 1. The van der Waals surface area contributed by atoms with E-state index in [1.165, 1.54) is 11.4 Å². The van der Waals surface area contributed by atoms with E-state index in [0.717, 1.165) is 5.56 Å². The fourth-order valence-corrected chi connectivity index (χ4v) is 5.40. The number of halogens is 1. The number of sulfonamides is 1. The summed E-state index contributed by atoms with van der Waals surface area (Å²) in [5.74, 6) is -0.245. The topological polar surface area (TPSA) is 87.2 Å². The van der Waals surface area contributed by atoms with Gasteiger partial charge >= 0.3 is 0 Å². The van der Waals surface area contributed by atoms with Gasteiger partial charge < -0.3 is 14.5 Å². The predicted molar refractivity (Wildman–Crippen MR) is 125 cm³/mol. The van der Waals surface area contributed by atoms with E-state index in [1.54, 1.807) is 35.8 Å². The third-order valence-corrected chi connectivity index (χ3v) is 7.92. The van der Waals surface area contributed by atoms with Crippen molar-refractivity contribution in [2.75, 3.05) is 45.6 Å². The summed E-state index contributed by atoms with van der Waals surface area (Å²) in [6.45, 7) is 4.95. The van der Waals surface area contributed by atoms with Crippen LogP contribution in [-0.4, -0.2) is 86.0 Å². The van der Waals surface area contributed by atoms with Crippen LogP contribution in [0.25, 0.3) is 0 Å². The lowest BCUT2D eigenvalue weighted by Gasteiger charge is -2.39. The molecule has 1 aromatic carbocycles. The van der Waals surface area contributed by atoms with Crippen LogP contribution >= 0.6 is 11.6 Å². The number of nitrogens with zero attached hydrogens (tertiary/aromatic N) is 3. The molecule has 1 saturated heterocycles. The Bertz CT molecular complexity index is 855. The molecule has 0 saturated carbocycles. The van der Waals surface area contributed by atoms with Gasteiger partial charge in [0, 0.05) is 51.3 Å². The first kappa shape index (κ1) is 26.6. The van der Waals surface area contributed by atoms with Crippen LogP contribution in [0.15, 0.2) is 24.3 Å². The summed E-state index contributed by atoms with van der Waals surface area (Å²) in [6.07, 6.45) is 1.77. The highest BCUT2D eigenvalue weighted by atomic mass is 35.5. The second-order valence-corrected chi connectivity index (χ2v) is 10.6. The van der Waals surface area contributed by atoms with Crippen molar-refractivity contribution in [1.29, 1.82) is 0 Å². The Morgan fingerprint density at radius 1 is 1.19 bits per heavy atom. The SMILES string of the molecule is CCCS(=O)(=O)N(CCOC)CC(=O)N(Cc1ccc(Cl)cc1)C1CCN(C(C)=O)CC1. The molecule has 0 aliphatic carbocycles. The molecule has 0 aromatic heterocycles. The van der Waals surface area contributed by atoms with E-state index in [2.05, 4.69) is 0 Å². The van der Waals surface area contributed by atoms with Gasteiger partial charge in [-0.2, -0.15) is 4.31 Å². The smallest absolute Gasteiger partial charge is 0.238 e. The van der Waals surface area contributed by atoms with Crippen molar-refractivity contribution in [3.05, 3.63) is 34.9 Å². The van der Waals surface area contributed by atoms with Gasteiger partial charge in [0.05, 0.1) is 18.9 Å². The lowest BCUT2D eigenvalue weighted by Crippen LogP contribution is -2.51. The maximum atomic E-state index is 13.4. The molecule has 0 bridgehead atoms. The molecule has 0 spiro atoms. The highest BCUT2D eigenvalue weighted by molar-refractivity contribution is 7.89. The number of rotatable bonds is 11. The molecule has 8 nitrogen and oxygen atoms in total. The zero-order valence-corrected chi connectivity index (χ0v) is 20.7. The molecule has 1 aromatic rings. The van der Waals surface area contributed by atoms with Gasteiger partial charge in [-0.3, -0.25) is 9.59 Å². The molecule has 1 heterocycles. The number of piperidine rings is 1. The number of amides is 2. The first-order valence-corrected chi connectivity index (χ1v) is 12.9. The zero-order chi connectivity index (χ0) is 23.7. The van der Waals surface area contributed by atoms with E-state index in [4.69, 9.17) is 16.3 Å². The zero-order valence-electron chi connectivity index (χ0n) is 19.1. The average Bonchev–Trinajstić information content (AvgIpc) is 2.76. The third-order valence-electron chi connectivity index (χ3n) is 5.65. The van der Waals surface area contributed by atoms with Crippen LogP contribution in [0.2, 0.25) is 5.02 Å². The Labute approximate surface area is 196 Å². The van der Waals surface area contributed by atoms with Crippen LogP contribution < -0.4 is 0 Å². The van der Waals surface area contributed by atoms with Crippen LogP contribution in [0.1, 0.15) is 38.7 Å². The van der Waals surface area contributed by atoms with Gasteiger partial charge in [0.2, 0.25) is 21.8 Å². The molecule has 0 atom stereocenters. The van der Waals surface area contributed by atoms with Crippen LogP contribution in [0, 0.1) is 0 Å². The largest absolute Gasteiger partial charge is 0.383 e. The molecule has 1 fully saturated rings. The van der Waals surface area contributed by atoms with Crippen molar-refractivity contribution in [2.24, 2.45) is 0 Å². The van der Waals surface area contributed by atoms with E-state index in [-0.39, 0.29) is 43.3 Å². The maximum Gasteiger partial charge on any atom is 0.238 e. The van der Waals surface area contributed by atoms with E-state index in [9.17, 15) is 18.0 Å². The van der Waals surface area contributed by atoms with Crippen molar-refractivity contribution < 1.29 is 22.7 Å². The molecular formula is C22H34ClN3O5S. The summed E-state index contributed by atoms with van der Waals surface area (Å²) in [5.41, 5.74) is 0.914. The van der Waals surface area contributed by atoms with Gasteiger partial charge in [-0.1, -0.05) is 30.7 Å². The van der Waals surface area contributed by atoms with Crippen LogP contribution in [0.5, 0.6) is 0 Å². The summed E-state index contributed by atoms with van der Waals surface area (Å²) in [6, 6.07) is 7.20. The van der Waals surface area contributed by atoms with Crippen LogP contribution in [-0.2, 0) is 30.9 Å². The predicted octanol–water partition coefficient (Wildman–Crippen LogP) is 2.37. The standard InChI is InChI=1S/C22H34ClN3O5S/c1-4-15-32(29,30)25(13-14-31-3)17-22(28)26(16-19-5-7-20(23)8-6-19)21-9-11-24(12-10-21)18(2)27/h5-8,21H,4,9-17H2,1-3H3. The lowest BCUT2D eigenvalue weighted by molar-refractivity contribution is -0.137. The molecule has 10 heteroatoms. The molecule has 0 radical (unpaired) electrons. The third kappa shape index (κ3) is 7.72. The number of methoxy groups -OCH3 is 1. The monoisotopic (exact) mass is 487 g/mol. The molecule has 0 N–H and O–H groups in total. The van der Waals surface area contributed by atoms with E-state index in [1.807, 2.05) is 12.1 Å². The molecule has 32 heavy (non-hydrogen) atoms. The van der Waals surface area contributed by atoms with Crippen molar-refractivity contribution in [1.82, 2.24) is 14.1 Å². The summed E-state index contributed by atoms with van der Waals surface area (Å²) >= 11 is 6.00. The molecule has 2 amide bonds. The minimum atomic E-state index is -3.57. The minimum Gasteiger partial charge on any atom is -0.383 e. The summed E-state index contributed by atoms with van der Waals surface area (Å²) in [5, 5.41) is 0.609. The van der Waals surface area contributed by atoms with Gasteiger partial charge in [-0.15, -0.1) is 0 Å². The molecule has 0 unspecified atom stereocenters. The van der Waals surface area contributed by atoms with Crippen molar-refractivity contribution in [3.63, 3.8) is 0 Å². The second kappa shape index (κ2) is 12.5. The quantitative estimate of drug-likeness (QED) is 0.478. The number of carbonyl (C=O) groups is 2. The number of carbonyl (C=O) groups excluding carboxylic acids is 2. The second-order valence-electron chi connectivity index (χ2n) is 8.03. The van der Waals surface area contributed by atoms with Gasteiger partial charge in [0.1, 0.15) is 0 Å². The maximum absolute atomic E-state index is 13.4. The van der Waals surface area contributed by atoms with Crippen molar-refractivity contribution in [2.45, 2.75) is 45.7 Å². The van der Waals surface area contributed by atoms with E-state index >= 15 is 0 Å². The lowest BCUT2D eigenvalue weighted by atomic mass is 10.0.